The highest BCUT2D eigenvalue weighted by Gasteiger charge is 2.32. The number of thiophene rings is 1. The van der Waals surface area contributed by atoms with Crippen molar-refractivity contribution in [2.45, 2.75) is 28.5 Å². The summed E-state index contributed by atoms with van der Waals surface area (Å²) in [7, 11) is -8.03. The van der Waals surface area contributed by atoms with Crippen LogP contribution in [0.25, 0.3) is 0 Å². The molecule has 0 unspecified atom stereocenters. The van der Waals surface area contributed by atoms with Gasteiger partial charge in [-0.25, -0.2) is 8.42 Å². The van der Waals surface area contributed by atoms with Gasteiger partial charge in [-0.3, -0.25) is 4.79 Å². The Labute approximate surface area is 154 Å². The van der Waals surface area contributed by atoms with Crippen LogP contribution in [-0.2, 0) is 31.2 Å². The lowest BCUT2D eigenvalue weighted by Crippen LogP contribution is -2.37. The lowest BCUT2D eigenvalue weighted by molar-refractivity contribution is -0.120. The number of sulfonamides is 1. The zero-order valence-corrected chi connectivity index (χ0v) is 16.0. The van der Waals surface area contributed by atoms with Crippen molar-refractivity contribution in [1.82, 2.24) is 5.32 Å². The second-order valence-electron chi connectivity index (χ2n) is 5.50. The molecule has 1 amide bonds. The fraction of sp³-hybridized carbons (Fsp3) is 0.200. The number of hydrogen-bond donors (Lipinski definition) is 2. The van der Waals surface area contributed by atoms with Gasteiger partial charge in [0.25, 0.3) is 10.0 Å². The van der Waals surface area contributed by atoms with Gasteiger partial charge in [0.15, 0.2) is 9.84 Å². The summed E-state index contributed by atoms with van der Waals surface area (Å²) in [5.74, 6) is -0.657. The fourth-order valence-corrected chi connectivity index (χ4v) is 5.33. The highest BCUT2D eigenvalue weighted by molar-refractivity contribution is 7.93. The van der Waals surface area contributed by atoms with E-state index < -0.39 is 31.0 Å². The molecule has 0 saturated heterocycles. The molecule has 1 aliphatic rings. The monoisotopic (exact) mass is 413 g/mol. The largest absolute Gasteiger partial charge is 0.350 e. The van der Waals surface area contributed by atoms with Crippen LogP contribution < -0.4 is 10.6 Å². The molecule has 0 fully saturated rings. The molecule has 1 aliphatic heterocycles. The molecular formula is C15H15N3O5S3. The number of anilines is 1. The van der Waals surface area contributed by atoms with Gasteiger partial charge < -0.3 is 10.6 Å². The van der Waals surface area contributed by atoms with Crippen LogP contribution in [0.4, 0.5) is 5.69 Å². The minimum Gasteiger partial charge on any atom is -0.350 e. The number of rotatable bonds is 5. The molecule has 138 valence electrons. The molecule has 3 rings (SSSR count). The molecule has 0 aliphatic carbocycles. The van der Waals surface area contributed by atoms with E-state index in [-0.39, 0.29) is 22.0 Å². The van der Waals surface area contributed by atoms with Crippen LogP contribution in [0, 0.1) is 0 Å². The highest BCUT2D eigenvalue weighted by Crippen LogP contribution is 2.29. The van der Waals surface area contributed by atoms with Crippen molar-refractivity contribution in [2.24, 2.45) is 4.40 Å². The number of nitrogens with zero attached hydrogens (tertiary/aromatic N) is 1. The fourth-order valence-electron chi connectivity index (χ4n) is 2.31. The van der Waals surface area contributed by atoms with E-state index in [1.807, 2.05) is 17.5 Å². The summed E-state index contributed by atoms with van der Waals surface area (Å²) in [5.41, 5.74) is 0.230. The summed E-state index contributed by atoms with van der Waals surface area (Å²) in [6, 6.07) is 7.27. The molecule has 2 N–H and O–H groups in total. The maximum Gasteiger partial charge on any atom is 0.285 e. The molecule has 0 spiro atoms. The van der Waals surface area contributed by atoms with Crippen molar-refractivity contribution in [3.05, 3.63) is 40.6 Å². The van der Waals surface area contributed by atoms with E-state index in [0.717, 1.165) is 17.3 Å². The normalized spacial score (nSPS) is 16.3. The Hall–Kier alpha value is -2.24. The summed E-state index contributed by atoms with van der Waals surface area (Å²) < 4.78 is 52.7. The van der Waals surface area contributed by atoms with Crippen molar-refractivity contribution in [2.75, 3.05) is 5.32 Å². The summed E-state index contributed by atoms with van der Waals surface area (Å²) in [5, 5.41) is 5.70. The molecule has 2 heterocycles. The van der Waals surface area contributed by atoms with Crippen molar-refractivity contribution in [3.8, 4) is 0 Å². The molecule has 11 heteroatoms. The molecule has 0 saturated carbocycles. The first-order valence-corrected chi connectivity index (χ1v) is 11.3. The van der Waals surface area contributed by atoms with Gasteiger partial charge in [0.1, 0.15) is 16.5 Å². The second-order valence-corrected chi connectivity index (χ2v) is 10.4. The number of nitrogens with one attached hydrogen (secondary N) is 2. The first kappa shape index (κ1) is 18.5. The average Bonchev–Trinajstić information content (AvgIpc) is 3.12. The van der Waals surface area contributed by atoms with E-state index in [0.29, 0.717) is 0 Å². The summed E-state index contributed by atoms with van der Waals surface area (Å²) in [6.45, 7) is 1.50. The molecule has 2 aromatic rings. The van der Waals surface area contributed by atoms with Gasteiger partial charge in [-0.1, -0.05) is 6.07 Å². The van der Waals surface area contributed by atoms with Gasteiger partial charge in [-0.2, -0.15) is 8.42 Å². The van der Waals surface area contributed by atoms with Crippen molar-refractivity contribution < 1.29 is 21.6 Å². The molecule has 0 bridgehead atoms. The third-order valence-corrected chi connectivity index (χ3v) is 8.03. The number of carbonyl (C=O) groups is 1. The lowest BCUT2D eigenvalue weighted by atomic mass is 10.3. The zero-order chi connectivity index (χ0) is 18.9. The predicted molar refractivity (Wildman–Crippen MR) is 98.6 cm³/mol. The molecule has 26 heavy (non-hydrogen) atoms. The predicted octanol–water partition coefficient (Wildman–Crippen LogP) is 1.37. The number of sulfone groups is 1. The quantitative estimate of drug-likeness (QED) is 0.763. The van der Waals surface area contributed by atoms with Crippen molar-refractivity contribution in [1.29, 1.82) is 0 Å². The van der Waals surface area contributed by atoms with Crippen LogP contribution >= 0.6 is 11.3 Å². The average molecular weight is 414 g/mol. The maximum atomic E-state index is 12.7. The van der Waals surface area contributed by atoms with Gasteiger partial charge in [0.2, 0.25) is 5.91 Å². The Kier molecular flexibility index (Phi) is 4.86. The lowest BCUT2D eigenvalue weighted by Gasteiger charge is -2.16. The SMILES string of the molecule is C[C@@H](C(=O)NCc1cccs1)S(=O)(=O)c1ccc2c(c1)S(=O)(=O)N=CN2. The first-order valence-electron chi connectivity index (χ1n) is 7.45. The zero-order valence-electron chi connectivity index (χ0n) is 13.5. The standard InChI is InChI=1S/C15H15N3O5S3/c1-10(15(19)16-8-11-3-2-6-24-11)25(20,21)12-4-5-13-14(7-12)26(22,23)18-9-17-13/h2-7,9-10H,8H2,1H3,(H,16,19)(H,17,18)/t10-/m0/s1. The van der Waals surface area contributed by atoms with Crippen LogP contribution in [-0.4, -0.2) is 34.3 Å². The Bertz CT molecular complexity index is 1070. The smallest absolute Gasteiger partial charge is 0.285 e. The third kappa shape index (κ3) is 3.50. The van der Waals surface area contributed by atoms with Gasteiger partial charge in [-0.05, 0) is 36.6 Å². The minimum absolute atomic E-state index is 0.230. The van der Waals surface area contributed by atoms with E-state index in [9.17, 15) is 21.6 Å². The molecule has 8 nitrogen and oxygen atoms in total. The highest BCUT2D eigenvalue weighted by atomic mass is 32.2. The van der Waals surface area contributed by atoms with Gasteiger partial charge in [0.05, 0.1) is 17.1 Å². The second kappa shape index (κ2) is 6.82. The van der Waals surface area contributed by atoms with Gasteiger partial charge in [-0.15, -0.1) is 15.7 Å². The van der Waals surface area contributed by atoms with Crippen molar-refractivity contribution in [3.63, 3.8) is 0 Å². The molecular weight excluding hydrogens is 398 g/mol. The number of benzene rings is 1. The summed E-state index contributed by atoms with van der Waals surface area (Å²) >= 11 is 1.44. The van der Waals surface area contributed by atoms with Crippen LogP contribution in [0.1, 0.15) is 11.8 Å². The van der Waals surface area contributed by atoms with Gasteiger partial charge >= 0.3 is 0 Å². The van der Waals surface area contributed by atoms with E-state index >= 15 is 0 Å². The summed E-state index contributed by atoms with van der Waals surface area (Å²) in [4.78, 5) is 12.6. The topological polar surface area (TPSA) is 122 Å². The van der Waals surface area contributed by atoms with E-state index in [2.05, 4.69) is 15.0 Å². The first-order chi connectivity index (χ1) is 12.2. The van der Waals surface area contributed by atoms with Crippen LogP contribution in [0.2, 0.25) is 0 Å². The number of fused-ring (bicyclic) bond motifs is 1. The van der Waals surface area contributed by atoms with Crippen molar-refractivity contribution >= 4 is 49.1 Å². The number of hydrogen-bond acceptors (Lipinski definition) is 7. The Morgan fingerprint density at radius 2 is 2.12 bits per heavy atom. The third-order valence-electron chi connectivity index (χ3n) is 3.82. The minimum atomic E-state index is -4.07. The number of amides is 1. The maximum absolute atomic E-state index is 12.7. The Morgan fingerprint density at radius 3 is 2.81 bits per heavy atom. The summed E-state index contributed by atoms with van der Waals surface area (Å²) in [6.07, 6.45) is 1.02. The van der Waals surface area contributed by atoms with Crippen LogP contribution in [0.3, 0.4) is 0 Å². The molecule has 1 aromatic carbocycles. The van der Waals surface area contributed by atoms with E-state index in [1.54, 1.807) is 0 Å². The van der Waals surface area contributed by atoms with E-state index in [1.165, 1.54) is 30.4 Å². The molecule has 1 atom stereocenters. The van der Waals surface area contributed by atoms with Crippen LogP contribution in [0.15, 0.2) is 49.9 Å². The van der Waals surface area contributed by atoms with Crippen LogP contribution in [0.5, 0.6) is 0 Å². The molecule has 1 aromatic heterocycles. The van der Waals surface area contributed by atoms with E-state index in [4.69, 9.17) is 0 Å². The Balaban J connectivity index is 1.85. The van der Waals surface area contributed by atoms with Gasteiger partial charge in [0, 0.05) is 4.88 Å². The number of carbonyl (C=O) groups excluding carboxylic acids is 1. The molecule has 0 radical (unpaired) electrons. The Morgan fingerprint density at radius 1 is 1.35 bits per heavy atom.